The van der Waals surface area contributed by atoms with Gasteiger partial charge in [0.1, 0.15) is 0 Å². The van der Waals surface area contributed by atoms with E-state index in [1.807, 2.05) is 12.1 Å². The van der Waals surface area contributed by atoms with Crippen molar-refractivity contribution in [1.82, 2.24) is 0 Å². The fourth-order valence-corrected chi connectivity index (χ4v) is 1.68. The molecule has 0 heterocycles. The van der Waals surface area contributed by atoms with Crippen molar-refractivity contribution in [3.63, 3.8) is 0 Å². The van der Waals surface area contributed by atoms with Gasteiger partial charge in [-0.2, -0.15) is 0 Å². The van der Waals surface area contributed by atoms with Crippen molar-refractivity contribution in [3.8, 4) is 0 Å². The maximum atomic E-state index is 11.4. The Hall–Kier alpha value is -1.51. The lowest BCUT2D eigenvalue weighted by Gasteiger charge is -2.09. The Morgan fingerprint density at radius 2 is 2.12 bits per heavy atom. The van der Waals surface area contributed by atoms with Crippen LogP contribution in [0.1, 0.15) is 42.1 Å². The SMILES string of the molecule is CCCCCc1cccc(C(=O)OC)c1N. The van der Waals surface area contributed by atoms with Gasteiger partial charge in [0.2, 0.25) is 0 Å². The highest BCUT2D eigenvalue weighted by molar-refractivity contribution is 5.95. The van der Waals surface area contributed by atoms with Gasteiger partial charge >= 0.3 is 5.97 Å². The van der Waals surface area contributed by atoms with Crippen molar-refractivity contribution >= 4 is 11.7 Å². The zero-order valence-corrected chi connectivity index (χ0v) is 9.95. The molecule has 0 aliphatic heterocycles. The first-order valence-corrected chi connectivity index (χ1v) is 5.66. The third-order valence-electron chi connectivity index (χ3n) is 2.65. The summed E-state index contributed by atoms with van der Waals surface area (Å²) in [6, 6.07) is 5.52. The minimum Gasteiger partial charge on any atom is -0.465 e. The second-order valence-electron chi connectivity index (χ2n) is 3.83. The van der Waals surface area contributed by atoms with Gasteiger partial charge in [-0.1, -0.05) is 31.9 Å². The average Bonchev–Trinajstić information content (AvgIpc) is 2.30. The van der Waals surface area contributed by atoms with E-state index in [9.17, 15) is 4.79 Å². The lowest BCUT2D eigenvalue weighted by Crippen LogP contribution is -2.07. The molecule has 0 fully saturated rings. The van der Waals surface area contributed by atoms with Crippen LogP contribution in [0.2, 0.25) is 0 Å². The molecule has 1 aromatic carbocycles. The van der Waals surface area contributed by atoms with Gasteiger partial charge in [0, 0.05) is 5.69 Å². The molecule has 16 heavy (non-hydrogen) atoms. The average molecular weight is 221 g/mol. The molecule has 0 aliphatic rings. The normalized spacial score (nSPS) is 10.1. The Morgan fingerprint density at radius 1 is 1.38 bits per heavy atom. The predicted octanol–water partition coefficient (Wildman–Crippen LogP) is 2.79. The van der Waals surface area contributed by atoms with Crippen LogP contribution in [0.5, 0.6) is 0 Å². The highest BCUT2D eigenvalue weighted by atomic mass is 16.5. The van der Waals surface area contributed by atoms with Gasteiger partial charge < -0.3 is 10.5 Å². The van der Waals surface area contributed by atoms with Crippen LogP contribution in [-0.2, 0) is 11.2 Å². The number of benzene rings is 1. The number of nitrogen functional groups attached to an aromatic ring is 1. The van der Waals surface area contributed by atoms with Gasteiger partial charge in [0.15, 0.2) is 0 Å². The van der Waals surface area contributed by atoms with Crippen molar-refractivity contribution in [1.29, 1.82) is 0 Å². The molecule has 1 rings (SSSR count). The lowest BCUT2D eigenvalue weighted by atomic mass is 10.0. The quantitative estimate of drug-likeness (QED) is 0.472. The molecular weight excluding hydrogens is 202 g/mol. The molecule has 0 saturated heterocycles. The second kappa shape index (κ2) is 6.16. The largest absolute Gasteiger partial charge is 0.465 e. The van der Waals surface area contributed by atoms with Gasteiger partial charge in [-0.25, -0.2) is 4.79 Å². The van der Waals surface area contributed by atoms with E-state index in [1.54, 1.807) is 6.07 Å². The molecule has 0 spiro atoms. The number of esters is 1. The van der Waals surface area contributed by atoms with E-state index in [-0.39, 0.29) is 5.97 Å². The van der Waals surface area contributed by atoms with Crippen LogP contribution >= 0.6 is 0 Å². The third-order valence-corrected chi connectivity index (χ3v) is 2.65. The van der Waals surface area contributed by atoms with E-state index in [4.69, 9.17) is 5.73 Å². The number of ether oxygens (including phenoxy) is 1. The number of methoxy groups -OCH3 is 1. The zero-order valence-electron chi connectivity index (χ0n) is 9.95. The predicted molar refractivity (Wildman–Crippen MR) is 65.4 cm³/mol. The van der Waals surface area contributed by atoms with Crippen molar-refractivity contribution < 1.29 is 9.53 Å². The highest BCUT2D eigenvalue weighted by Gasteiger charge is 2.11. The van der Waals surface area contributed by atoms with Gasteiger partial charge in [-0.05, 0) is 24.5 Å². The minimum absolute atomic E-state index is 0.366. The molecule has 0 amide bonds. The number of rotatable bonds is 5. The summed E-state index contributed by atoms with van der Waals surface area (Å²) in [5.74, 6) is -0.366. The first-order valence-electron chi connectivity index (χ1n) is 5.66. The monoisotopic (exact) mass is 221 g/mol. The zero-order chi connectivity index (χ0) is 12.0. The lowest BCUT2D eigenvalue weighted by molar-refractivity contribution is 0.0602. The number of hydrogen-bond acceptors (Lipinski definition) is 3. The molecule has 0 atom stereocenters. The molecule has 0 unspecified atom stereocenters. The van der Waals surface area contributed by atoms with E-state index < -0.39 is 0 Å². The van der Waals surface area contributed by atoms with Crippen LogP contribution in [0.4, 0.5) is 5.69 Å². The van der Waals surface area contributed by atoms with Crippen molar-refractivity contribution in [2.75, 3.05) is 12.8 Å². The van der Waals surface area contributed by atoms with Crippen molar-refractivity contribution in [3.05, 3.63) is 29.3 Å². The maximum absolute atomic E-state index is 11.4. The molecule has 0 aromatic heterocycles. The van der Waals surface area contributed by atoms with E-state index >= 15 is 0 Å². The van der Waals surface area contributed by atoms with E-state index in [0.717, 1.165) is 18.4 Å². The third kappa shape index (κ3) is 2.99. The first-order chi connectivity index (χ1) is 7.70. The van der Waals surface area contributed by atoms with Crippen molar-refractivity contribution in [2.45, 2.75) is 32.6 Å². The molecule has 1 aromatic rings. The Labute approximate surface area is 96.6 Å². The summed E-state index contributed by atoms with van der Waals surface area (Å²) in [5.41, 5.74) is 8.01. The van der Waals surface area contributed by atoms with Gasteiger partial charge in [-0.3, -0.25) is 0 Å². The molecule has 3 heteroatoms. The van der Waals surface area contributed by atoms with Crippen LogP contribution < -0.4 is 5.73 Å². The Bertz CT molecular complexity index is 361. The molecule has 88 valence electrons. The molecule has 0 aliphatic carbocycles. The molecule has 0 bridgehead atoms. The standard InChI is InChI=1S/C13H19NO2/c1-3-4-5-7-10-8-6-9-11(12(10)14)13(15)16-2/h6,8-9H,3-5,7,14H2,1-2H3. The minimum atomic E-state index is -0.366. The Kier molecular flexibility index (Phi) is 4.83. The number of nitrogens with two attached hydrogens (primary N) is 1. The number of aryl methyl sites for hydroxylation is 1. The second-order valence-corrected chi connectivity index (χ2v) is 3.83. The molecule has 0 saturated carbocycles. The summed E-state index contributed by atoms with van der Waals surface area (Å²) in [6.45, 7) is 2.16. The van der Waals surface area contributed by atoms with E-state index in [0.29, 0.717) is 11.3 Å². The van der Waals surface area contributed by atoms with Crippen LogP contribution in [0.3, 0.4) is 0 Å². The van der Waals surface area contributed by atoms with Crippen LogP contribution in [0.15, 0.2) is 18.2 Å². The molecule has 2 N–H and O–H groups in total. The fourth-order valence-electron chi connectivity index (χ4n) is 1.68. The molecular formula is C13H19NO2. The summed E-state index contributed by atoms with van der Waals surface area (Å²) < 4.78 is 4.68. The summed E-state index contributed by atoms with van der Waals surface area (Å²) in [5, 5.41) is 0. The van der Waals surface area contributed by atoms with Gasteiger partial charge in [0.25, 0.3) is 0 Å². The summed E-state index contributed by atoms with van der Waals surface area (Å²) in [7, 11) is 1.37. The molecule has 0 radical (unpaired) electrons. The summed E-state index contributed by atoms with van der Waals surface area (Å²) in [4.78, 5) is 11.4. The number of unbranched alkanes of at least 4 members (excludes halogenated alkanes) is 2. The van der Waals surface area contributed by atoms with Gasteiger partial charge in [-0.15, -0.1) is 0 Å². The summed E-state index contributed by atoms with van der Waals surface area (Å²) in [6.07, 6.45) is 4.38. The number of anilines is 1. The van der Waals surface area contributed by atoms with Crippen molar-refractivity contribution in [2.24, 2.45) is 0 Å². The number of para-hydroxylation sites is 1. The van der Waals surface area contributed by atoms with E-state index in [2.05, 4.69) is 11.7 Å². The van der Waals surface area contributed by atoms with E-state index in [1.165, 1.54) is 20.0 Å². The maximum Gasteiger partial charge on any atom is 0.339 e. The number of hydrogen-bond donors (Lipinski definition) is 1. The summed E-state index contributed by atoms with van der Waals surface area (Å²) >= 11 is 0. The fraction of sp³-hybridized carbons (Fsp3) is 0.462. The smallest absolute Gasteiger partial charge is 0.339 e. The van der Waals surface area contributed by atoms with Crippen LogP contribution in [0.25, 0.3) is 0 Å². The molecule has 3 nitrogen and oxygen atoms in total. The van der Waals surface area contributed by atoms with Crippen LogP contribution in [-0.4, -0.2) is 13.1 Å². The Balaban J connectivity index is 2.82. The first kappa shape index (κ1) is 12.6. The number of carbonyl (C=O) groups excluding carboxylic acids is 1. The topological polar surface area (TPSA) is 52.3 Å². The number of carbonyl (C=O) groups is 1. The van der Waals surface area contributed by atoms with Crippen LogP contribution in [0, 0.1) is 0 Å². The highest BCUT2D eigenvalue weighted by Crippen LogP contribution is 2.20. The van der Waals surface area contributed by atoms with Gasteiger partial charge in [0.05, 0.1) is 12.7 Å². The Morgan fingerprint density at radius 3 is 2.75 bits per heavy atom.